The first-order valence-electron chi connectivity index (χ1n) is 5.55. The molecule has 0 heterocycles. The Balaban J connectivity index is 3.10. The molecule has 104 valence electrons. The van der Waals surface area contributed by atoms with Crippen molar-refractivity contribution in [1.29, 1.82) is 0 Å². The average Bonchev–Trinajstić information content (AvgIpc) is 2.34. The molecule has 1 N–H and O–H groups in total. The molecule has 0 saturated carbocycles. The smallest absolute Gasteiger partial charge is 0.471 e. The second-order valence-electron chi connectivity index (χ2n) is 3.98. The number of carbonyl (C=O) groups excluding carboxylic acids is 1. The summed E-state index contributed by atoms with van der Waals surface area (Å²) in [4.78, 5) is 12.0. The third-order valence-corrected chi connectivity index (χ3v) is 2.68. The third kappa shape index (κ3) is 3.49. The van der Waals surface area contributed by atoms with Crippen molar-refractivity contribution in [2.45, 2.75) is 19.1 Å². The minimum Gasteiger partial charge on any atom is -0.508 e. The Morgan fingerprint density at radius 2 is 2.05 bits per heavy atom. The van der Waals surface area contributed by atoms with Crippen LogP contribution in [0.2, 0.25) is 0 Å². The number of benzene rings is 1. The van der Waals surface area contributed by atoms with E-state index in [1.165, 1.54) is 25.1 Å². The fourth-order valence-corrected chi connectivity index (χ4v) is 1.73. The lowest BCUT2D eigenvalue weighted by Gasteiger charge is -2.29. The van der Waals surface area contributed by atoms with Gasteiger partial charge in [-0.25, -0.2) is 0 Å². The second kappa shape index (κ2) is 5.77. The van der Waals surface area contributed by atoms with Crippen LogP contribution < -0.4 is 0 Å². The second-order valence-corrected chi connectivity index (χ2v) is 3.98. The van der Waals surface area contributed by atoms with Crippen LogP contribution in [-0.4, -0.2) is 28.6 Å². The highest BCUT2D eigenvalue weighted by molar-refractivity contribution is 5.82. The molecule has 0 aliphatic heterocycles. The molecular weight excluding hydrogens is 259 g/mol. The van der Waals surface area contributed by atoms with Crippen LogP contribution in [0.3, 0.4) is 0 Å². The van der Waals surface area contributed by atoms with E-state index in [1.807, 2.05) is 0 Å². The summed E-state index contributed by atoms with van der Waals surface area (Å²) in [5.41, 5.74) is 0.252. The van der Waals surface area contributed by atoms with Gasteiger partial charge in [0.2, 0.25) is 0 Å². The third-order valence-electron chi connectivity index (χ3n) is 2.68. The number of hydrogen-bond acceptors (Lipinski definition) is 2. The minimum absolute atomic E-state index is 0.154. The Hall–Kier alpha value is -1.98. The number of rotatable bonds is 4. The van der Waals surface area contributed by atoms with Crippen LogP contribution in [0.15, 0.2) is 36.9 Å². The molecule has 0 fully saturated rings. The van der Waals surface area contributed by atoms with Crippen molar-refractivity contribution in [2.24, 2.45) is 0 Å². The molecule has 1 aromatic carbocycles. The number of nitrogens with zero attached hydrogens (tertiary/aromatic N) is 1. The SMILES string of the molecule is C=CCN(C(=O)C(F)(F)F)C(C)c1ccccc1O. The van der Waals surface area contributed by atoms with Crippen molar-refractivity contribution in [1.82, 2.24) is 4.90 Å². The van der Waals surface area contributed by atoms with Crippen LogP contribution >= 0.6 is 0 Å². The predicted molar refractivity (Wildman–Crippen MR) is 64.5 cm³/mol. The maximum Gasteiger partial charge on any atom is 0.471 e. The van der Waals surface area contributed by atoms with Gasteiger partial charge in [-0.15, -0.1) is 6.58 Å². The van der Waals surface area contributed by atoms with Gasteiger partial charge in [0, 0.05) is 12.1 Å². The van der Waals surface area contributed by atoms with Gasteiger partial charge in [-0.1, -0.05) is 24.3 Å². The van der Waals surface area contributed by atoms with E-state index in [0.717, 1.165) is 0 Å². The van der Waals surface area contributed by atoms with Gasteiger partial charge in [-0.05, 0) is 13.0 Å². The molecule has 1 amide bonds. The van der Waals surface area contributed by atoms with Gasteiger partial charge >= 0.3 is 12.1 Å². The topological polar surface area (TPSA) is 40.5 Å². The zero-order valence-electron chi connectivity index (χ0n) is 10.3. The highest BCUT2D eigenvalue weighted by Gasteiger charge is 2.43. The number of aromatic hydroxyl groups is 1. The quantitative estimate of drug-likeness (QED) is 0.857. The molecule has 3 nitrogen and oxygen atoms in total. The molecule has 0 radical (unpaired) electrons. The summed E-state index contributed by atoms with van der Waals surface area (Å²) in [5.74, 6) is -2.11. The molecule has 1 atom stereocenters. The van der Waals surface area contributed by atoms with Crippen molar-refractivity contribution in [3.05, 3.63) is 42.5 Å². The zero-order chi connectivity index (χ0) is 14.6. The molecule has 1 rings (SSSR count). The largest absolute Gasteiger partial charge is 0.508 e. The van der Waals surface area contributed by atoms with E-state index in [0.29, 0.717) is 4.90 Å². The molecule has 1 aromatic rings. The van der Waals surface area contributed by atoms with E-state index in [2.05, 4.69) is 6.58 Å². The van der Waals surface area contributed by atoms with Crippen LogP contribution in [0.4, 0.5) is 13.2 Å². The number of amides is 1. The van der Waals surface area contributed by atoms with Crippen LogP contribution in [0, 0.1) is 0 Å². The van der Waals surface area contributed by atoms with Crippen molar-refractivity contribution in [2.75, 3.05) is 6.54 Å². The van der Waals surface area contributed by atoms with Crippen molar-refractivity contribution in [3.8, 4) is 5.75 Å². The number of hydrogen-bond donors (Lipinski definition) is 1. The number of alkyl halides is 3. The van der Waals surface area contributed by atoms with Crippen molar-refractivity contribution < 1.29 is 23.1 Å². The van der Waals surface area contributed by atoms with Crippen LogP contribution in [-0.2, 0) is 4.79 Å². The summed E-state index contributed by atoms with van der Waals surface area (Å²) in [6.07, 6.45) is -3.75. The van der Waals surface area contributed by atoms with Gasteiger partial charge in [0.05, 0.1) is 6.04 Å². The summed E-state index contributed by atoms with van der Waals surface area (Å²) >= 11 is 0. The lowest BCUT2D eigenvalue weighted by molar-refractivity contribution is -0.187. The Kier molecular flexibility index (Phi) is 4.58. The van der Waals surface area contributed by atoms with Crippen LogP contribution in [0.5, 0.6) is 5.75 Å². The summed E-state index contributed by atoms with van der Waals surface area (Å²) in [6, 6.07) is 5.05. The molecule has 0 aliphatic carbocycles. The Bertz CT molecular complexity index is 471. The Morgan fingerprint density at radius 3 is 2.53 bits per heavy atom. The number of carbonyl (C=O) groups is 1. The number of phenols is 1. The van der Waals surface area contributed by atoms with Crippen LogP contribution in [0.25, 0.3) is 0 Å². The lowest BCUT2D eigenvalue weighted by Crippen LogP contribution is -2.42. The first-order chi connectivity index (χ1) is 8.79. The van der Waals surface area contributed by atoms with E-state index in [4.69, 9.17) is 0 Å². The summed E-state index contributed by atoms with van der Waals surface area (Å²) < 4.78 is 37.5. The van der Waals surface area contributed by atoms with Crippen LogP contribution in [0.1, 0.15) is 18.5 Å². The minimum atomic E-state index is -4.96. The average molecular weight is 273 g/mol. The molecule has 0 aromatic heterocycles. The molecular formula is C13H14F3NO2. The van der Waals surface area contributed by atoms with Gasteiger partial charge in [0.25, 0.3) is 0 Å². The lowest BCUT2D eigenvalue weighted by atomic mass is 10.1. The summed E-state index contributed by atoms with van der Waals surface area (Å²) in [7, 11) is 0. The predicted octanol–water partition coefficient (Wildman–Crippen LogP) is 3.03. The van der Waals surface area contributed by atoms with Gasteiger partial charge in [0.1, 0.15) is 5.75 Å². The molecule has 0 bridgehead atoms. The standard InChI is InChI=1S/C13H14F3NO2/c1-3-8-17(12(19)13(14,15)16)9(2)10-6-4-5-7-11(10)18/h3-7,9,18H,1,8H2,2H3. The van der Waals surface area contributed by atoms with E-state index in [9.17, 15) is 23.1 Å². The first kappa shape index (κ1) is 15.1. The molecule has 6 heteroatoms. The van der Waals surface area contributed by atoms with E-state index >= 15 is 0 Å². The van der Waals surface area contributed by atoms with E-state index in [-0.39, 0.29) is 17.9 Å². The fourth-order valence-electron chi connectivity index (χ4n) is 1.73. The van der Waals surface area contributed by atoms with Crippen molar-refractivity contribution in [3.63, 3.8) is 0 Å². The van der Waals surface area contributed by atoms with Gasteiger partial charge < -0.3 is 10.0 Å². The Labute approximate surface area is 109 Å². The molecule has 0 aliphatic rings. The molecule has 0 saturated heterocycles. The highest BCUT2D eigenvalue weighted by atomic mass is 19.4. The number of phenolic OH excluding ortho intramolecular Hbond substituents is 1. The van der Waals surface area contributed by atoms with Gasteiger partial charge in [0.15, 0.2) is 0 Å². The van der Waals surface area contributed by atoms with Crippen molar-refractivity contribution >= 4 is 5.91 Å². The Morgan fingerprint density at radius 1 is 1.47 bits per heavy atom. The molecule has 0 spiro atoms. The van der Waals surface area contributed by atoms with E-state index in [1.54, 1.807) is 12.1 Å². The van der Waals surface area contributed by atoms with E-state index < -0.39 is 18.1 Å². The zero-order valence-corrected chi connectivity index (χ0v) is 10.3. The molecule has 1 unspecified atom stereocenters. The maximum atomic E-state index is 12.5. The maximum absolute atomic E-state index is 12.5. The number of halogens is 3. The monoisotopic (exact) mass is 273 g/mol. The van der Waals surface area contributed by atoms with Gasteiger partial charge in [-0.2, -0.15) is 13.2 Å². The fraction of sp³-hybridized carbons (Fsp3) is 0.308. The van der Waals surface area contributed by atoms with Gasteiger partial charge in [-0.3, -0.25) is 4.79 Å². The molecule has 19 heavy (non-hydrogen) atoms. The number of para-hydroxylation sites is 1. The highest BCUT2D eigenvalue weighted by Crippen LogP contribution is 2.31. The summed E-state index contributed by atoms with van der Waals surface area (Å²) in [5, 5.41) is 9.64. The normalized spacial score (nSPS) is 12.8. The summed E-state index contributed by atoms with van der Waals surface area (Å²) in [6.45, 7) is 4.50. The first-order valence-corrected chi connectivity index (χ1v) is 5.55.